The number of carbonyl (C=O) groups is 2. The molecule has 6 heteroatoms. The van der Waals surface area contributed by atoms with E-state index in [1.807, 2.05) is 0 Å². The Kier molecular flexibility index (Phi) is 3.29. The fraction of sp³-hybridized carbons (Fsp3) is 0. The molecule has 0 aliphatic heterocycles. The Morgan fingerprint density at radius 1 is 1.00 bits per heavy atom. The molecule has 1 N–H and O–H groups in total. The Labute approximate surface area is 102 Å². The van der Waals surface area contributed by atoms with E-state index in [1.54, 1.807) is 12.1 Å². The fourth-order valence-electron chi connectivity index (χ4n) is 1.32. The molecule has 90 valence electrons. The number of rotatable bonds is 3. The van der Waals surface area contributed by atoms with Crippen molar-refractivity contribution in [3.05, 3.63) is 53.9 Å². The van der Waals surface area contributed by atoms with E-state index >= 15 is 0 Å². The number of hydrogen-bond donors (Lipinski definition) is 1. The number of carboxylic acid groups (broad SMARTS) is 1. The monoisotopic (exact) mass is 244 g/mol. The van der Waals surface area contributed by atoms with Crippen molar-refractivity contribution in [2.75, 3.05) is 0 Å². The van der Waals surface area contributed by atoms with Crippen molar-refractivity contribution in [1.82, 2.24) is 9.97 Å². The summed E-state index contributed by atoms with van der Waals surface area (Å²) in [6.45, 7) is 0. The van der Waals surface area contributed by atoms with E-state index in [0.29, 0.717) is 0 Å². The maximum Gasteiger partial charge on any atom is 0.346 e. The van der Waals surface area contributed by atoms with Gasteiger partial charge in [-0.25, -0.2) is 19.6 Å². The van der Waals surface area contributed by atoms with Crippen molar-refractivity contribution >= 4 is 11.9 Å². The van der Waals surface area contributed by atoms with Crippen LogP contribution in [0.4, 0.5) is 0 Å². The Morgan fingerprint density at radius 2 is 1.61 bits per heavy atom. The number of carbonyl (C=O) groups excluding carboxylic acids is 1. The zero-order chi connectivity index (χ0) is 13.0. The number of aromatic carboxylic acids is 1. The van der Waals surface area contributed by atoms with Gasteiger partial charge in [-0.15, -0.1) is 0 Å². The van der Waals surface area contributed by atoms with Crippen LogP contribution in [0.3, 0.4) is 0 Å². The van der Waals surface area contributed by atoms with Gasteiger partial charge in [0.05, 0.1) is 11.1 Å². The highest BCUT2D eigenvalue weighted by Crippen LogP contribution is 2.11. The van der Waals surface area contributed by atoms with Crippen LogP contribution in [-0.2, 0) is 0 Å². The summed E-state index contributed by atoms with van der Waals surface area (Å²) in [5.41, 5.74) is -0.170. The average Bonchev–Trinajstić information content (AvgIpc) is 2.40. The lowest BCUT2D eigenvalue weighted by atomic mass is 10.1. The quantitative estimate of drug-likeness (QED) is 0.820. The molecule has 0 spiro atoms. The van der Waals surface area contributed by atoms with Gasteiger partial charge in [-0.05, 0) is 18.2 Å². The molecule has 0 aliphatic carbocycles. The minimum absolute atomic E-state index is 0.0440. The molecule has 0 atom stereocenters. The molecule has 6 nitrogen and oxygen atoms in total. The van der Waals surface area contributed by atoms with E-state index in [9.17, 15) is 9.59 Å². The van der Waals surface area contributed by atoms with Gasteiger partial charge in [-0.1, -0.05) is 12.1 Å². The molecule has 0 fully saturated rings. The van der Waals surface area contributed by atoms with Gasteiger partial charge in [-0.3, -0.25) is 0 Å². The first-order chi connectivity index (χ1) is 8.68. The summed E-state index contributed by atoms with van der Waals surface area (Å²) in [4.78, 5) is 30.1. The third-order valence-electron chi connectivity index (χ3n) is 2.10. The predicted molar refractivity (Wildman–Crippen MR) is 60.4 cm³/mol. The lowest BCUT2D eigenvalue weighted by Gasteiger charge is -2.04. The smallest absolute Gasteiger partial charge is 0.346 e. The lowest BCUT2D eigenvalue weighted by Crippen LogP contribution is -2.15. The number of carboxylic acids is 1. The molecule has 2 rings (SSSR count). The zero-order valence-electron chi connectivity index (χ0n) is 9.11. The van der Waals surface area contributed by atoms with Crippen LogP contribution in [0.1, 0.15) is 20.7 Å². The van der Waals surface area contributed by atoms with E-state index in [2.05, 4.69) is 9.97 Å². The summed E-state index contributed by atoms with van der Waals surface area (Å²) in [7, 11) is 0. The van der Waals surface area contributed by atoms with Crippen LogP contribution < -0.4 is 4.74 Å². The number of aromatic nitrogens is 2. The van der Waals surface area contributed by atoms with Crippen molar-refractivity contribution in [3.8, 4) is 6.01 Å². The molecule has 0 bridgehead atoms. The summed E-state index contributed by atoms with van der Waals surface area (Å²) >= 11 is 0. The molecule has 0 radical (unpaired) electrons. The van der Waals surface area contributed by atoms with Gasteiger partial charge in [0, 0.05) is 12.4 Å². The maximum atomic E-state index is 11.8. The molecule has 0 amide bonds. The van der Waals surface area contributed by atoms with Crippen LogP contribution in [0.5, 0.6) is 6.01 Å². The summed E-state index contributed by atoms with van der Waals surface area (Å²) in [6.07, 6.45) is 2.83. The molecular weight excluding hydrogens is 236 g/mol. The molecule has 1 heterocycles. The Hall–Kier alpha value is -2.76. The van der Waals surface area contributed by atoms with Crippen LogP contribution in [0.2, 0.25) is 0 Å². The molecular formula is C12H8N2O4. The van der Waals surface area contributed by atoms with Gasteiger partial charge in [-0.2, -0.15) is 0 Å². The van der Waals surface area contributed by atoms with Crippen molar-refractivity contribution in [3.63, 3.8) is 0 Å². The van der Waals surface area contributed by atoms with Crippen LogP contribution in [0, 0.1) is 0 Å². The first-order valence-electron chi connectivity index (χ1n) is 5.00. The molecule has 0 saturated heterocycles. The molecule has 18 heavy (non-hydrogen) atoms. The summed E-state index contributed by atoms with van der Waals surface area (Å²) in [5, 5.41) is 8.94. The third-order valence-corrected chi connectivity index (χ3v) is 2.10. The van der Waals surface area contributed by atoms with Crippen LogP contribution in [0.15, 0.2) is 42.7 Å². The molecule has 1 aromatic carbocycles. The Balaban J connectivity index is 2.27. The van der Waals surface area contributed by atoms with Crippen LogP contribution >= 0.6 is 0 Å². The second-order valence-corrected chi connectivity index (χ2v) is 3.27. The first kappa shape index (κ1) is 11.7. The third kappa shape index (κ3) is 2.49. The minimum atomic E-state index is -1.20. The van der Waals surface area contributed by atoms with Crippen molar-refractivity contribution < 1.29 is 19.4 Å². The molecule has 0 aliphatic rings. The largest absolute Gasteiger partial charge is 0.478 e. The van der Waals surface area contributed by atoms with Crippen molar-refractivity contribution in [1.29, 1.82) is 0 Å². The minimum Gasteiger partial charge on any atom is -0.478 e. The fourth-order valence-corrected chi connectivity index (χ4v) is 1.32. The summed E-state index contributed by atoms with van der Waals surface area (Å²) in [5.74, 6) is -2.00. The van der Waals surface area contributed by atoms with Gasteiger partial charge in [0.1, 0.15) is 0 Å². The average molecular weight is 244 g/mol. The molecule has 1 aromatic heterocycles. The summed E-state index contributed by atoms with van der Waals surface area (Å²) in [6, 6.07) is 7.22. The number of esters is 1. The predicted octanol–water partition coefficient (Wildman–Crippen LogP) is 1.39. The summed E-state index contributed by atoms with van der Waals surface area (Å²) < 4.78 is 4.87. The highest BCUT2D eigenvalue weighted by Gasteiger charge is 2.18. The van der Waals surface area contributed by atoms with E-state index in [-0.39, 0.29) is 17.1 Å². The van der Waals surface area contributed by atoms with Crippen LogP contribution in [0.25, 0.3) is 0 Å². The van der Waals surface area contributed by atoms with Crippen LogP contribution in [-0.4, -0.2) is 27.0 Å². The molecule has 2 aromatic rings. The van der Waals surface area contributed by atoms with Gasteiger partial charge < -0.3 is 9.84 Å². The van der Waals surface area contributed by atoms with Crippen molar-refractivity contribution in [2.24, 2.45) is 0 Å². The Bertz CT molecular complexity index is 584. The number of nitrogens with zero attached hydrogens (tertiary/aromatic N) is 2. The van der Waals surface area contributed by atoms with Gasteiger partial charge in [0.2, 0.25) is 0 Å². The topological polar surface area (TPSA) is 89.4 Å². The number of hydrogen-bond acceptors (Lipinski definition) is 5. The number of ether oxygens (including phenoxy) is 1. The lowest BCUT2D eigenvalue weighted by molar-refractivity contribution is 0.0662. The SMILES string of the molecule is O=C(O)c1ccccc1C(=O)Oc1ncccn1. The standard InChI is InChI=1S/C12H8N2O4/c15-10(16)8-4-1-2-5-9(8)11(17)18-12-13-6-3-7-14-12/h1-7H,(H,15,16). The van der Waals surface area contributed by atoms with Gasteiger partial charge in [0.25, 0.3) is 0 Å². The van der Waals surface area contributed by atoms with Gasteiger partial charge in [0.15, 0.2) is 0 Å². The molecule has 0 unspecified atom stereocenters. The second-order valence-electron chi connectivity index (χ2n) is 3.27. The van der Waals surface area contributed by atoms with E-state index < -0.39 is 11.9 Å². The highest BCUT2D eigenvalue weighted by atomic mass is 16.5. The molecule has 0 saturated carbocycles. The normalized spacial score (nSPS) is 9.78. The first-order valence-corrected chi connectivity index (χ1v) is 5.00. The maximum absolute atomic E-state index is 11.8. The van der Waals surface area contributed by atoms with E-state index in [1.165, 1.54) is 30.6 Å². The van der Waals surface area contributed by atoms with E-state index in [0.717, 1.165) is 0 Å². The number of benzene rings is 1. The van der Waals surface area contributed by atoms with Gasteiger partial charge >= 0.3 is 17.9 Å². The zero-order valence-corrected chi connectivity index (χ0v) is 9.11. The highest BCUT2D eigenvalue weighted by molar-refractivity contribution is 6.02. The second kappa shape index (κ2) is 5.05. The van der Waals surface area contributed by atoms with E-state index in [4.69, 9.17) is 9.84 Å². The Morgan fingerprint density at radius 3 is 2.22 bits per heavy atom. The van der Waals surface area contributed by atoms with Crippen molar-refractivity contribution in [2.45, 2.75) is 0 Å².